The first kappa shape index (κ1) is 26.5. The maximum Gasteiger partial charge on any atom is 0.338 e. The molecule has 3 N–H and O–H groups in total. The van der Waals surface area contributed by atoms with E-state index in [9.17, 15) is 27.1 Å². The molecular weight excluding hydrogens is 476 g/mol. The standard InChI is InChI=1S/C22H23F2N3O4S.ClH/c1-13-21(14-5-4-6-16(9-14)32(30,31)26(2)3)18-10-17(22(28)29)19(24)11-20(18)27(13)12-15(23)7-8-25;/h4-7,9-11H,8,12,25H2,1-3H3,(H,28,29);1H. The van der Waals surface area contributed by atoms with Crippen LogP contribution in [0, 0.1) is 12.7 Å². The lowest BCUT2D eigenvalue weighted by Crippen LogP contribution is -2.22. The number of fused-ring (bicyclic) bond motifs is 1. The van der Waals surface area contributed by atoms with E-state index >= 15 is 0 Å². The van der Waals surface area contributed by atoms with Gasteiger partial charge in [0, 0.05) is 37.3 Å². The van der Waals surface area contributed by atoms with Gasteiger partial charge in [-0.2, -0.15) is 0 Å². The Morgan fingerprint density at radius 2 is 1.91 bits per heavy atom. The van der Waals surface area contributed by atoms with Crippen molar-refractivity contribution in [2.75, 3.05) is 20.6 Å². The van der Waals surface area contributed by atoms with E-state index in [-0.39, 0.29) is 35.9 Å². The maximum absolute atomic E-state index is 14.5. The molecule has 0 aliphatic carbocycles. The predicted molar refractivity (Wildman–Crippen MR) is 125 cm³/mol. The average molecular weight is 500 g/mol. The molecule has 0 bridgehead atoms. The Hall–Kier alpha value is -2.79. The van der Waals surface area contributed by atoms with Gasteiger partial charge in [-0.1, -0.05) is 12.1 Å². The molecule has 0 unspecified atom stereocenters. The predicted octanol–water partition coefficient (Wildman–Crippen LogP) is 3.94. The summed E-state index contributed by atoms with van der Waals surface area (Å²) in [5.74, 6) is -2.94. The third kappa shape index (κ3) is 4.93. The summed E-state index contributed by atoms with van der Waals surface area (Å²) >= 11 is 0. The van der Waals surface area contributed by atoms with E-state index in [0.717, 1.165) is 10.4 Å². The van der Waals surface area contributed by atoms with Gasteiger partial charge in [0.05, 0.1) is 22.5 Å². The van der Waals surface area contributed by atoms with E-state index in [1.807, 2.05) is 0 Å². The minimum absolute atomic E-state index is 0. The number of benzene rings is 2. The SMILES string of the molecule is Cc1c(-c2cccc(S(=O)(=O)N(C)C)c2)c2cc(C(=O)O)c(F)cc2n1CC(F)=CCN.Cl. The van der Waals surface area contributed by atoms with Gasteiger partial charge in [-0.25, -0.2) is 26.3 Å². The Morgan fingerprint density at radius 1 is 1.24 bits per heavy atom. The molecule has 7 nitrogen and oxygen atoms in total. The number of carboxylic acid groups (broad SMARTS) is 1. The third-order valence-electron chi connectivity index (χ3n) is 5.19. The molecule has 0 amide bonds. The second-order valence-corrected chi connectivity index (χ2v) is 9.55. The lowest BCUT2D eigenvalue weighted by atomic mass is 10.0. The summed E-state index contributed by atoms with van der Waals surface area (Å²) < 4.78 is 56.6. The maximum atomic E-state index is 14.5. The molecule has 0 spiro atoms. The Kier molecular flexibility index (Phi) is 8.02. The van der Waals surface area contributed by atoms with Crippen LogP contribution in [0.15, 0.2) is 53.2 Å². The number of nitrogens with two attached hydrogens (primary N) is 1. The van der Waals surface area contributed by atoms with E-state index in [4.69, 9.17) is 5.73 Å². The number of carboxylic acids is 1. The van der Waals surface area contributed by atoms with Gasteiger partial charge in [0.15, 0.2) is 0 Å². The van der Waals surface area contributed by atoms with Gasteiger partial charge < -0.3 is 15.4 Å². The number of nitrogens with zero attached hydrogens (tertiary/aromatic N) is 2. The van der Waals surface area contributed by atoms with Crippen molar-refractivity contribution in [3.63, 3.8) is 0 Å². The fourth-order valence-electron chi connectivity index (χ4n) is 3.60. The molecular formula is C22H24ClF2N3O4S. The fraction of sp³-hybridized carbons (Fsp3) is 0.227. The molecule has 33 heavy (non-hydrogen) atoms. The molecule has 178 valence electrons. The number of hydrogen-bond acceptors (Lipinski definition) is 4. The molecule has 0 saturated heterocycles. The summed E-state index contributed by atoms with van der Waals surface area (Å²) in [6, 6.07) is 8.35. The van der Waals surface area contributed by atoms with Gasteiger partial charge in [-0.05, 0) is 42.8 Å². The Morgan fingerprint density at radius 3 is 2.48 bits per heavy atom. The molecule has 3 rings (SSSR count). The number of carbonyl (C=O) groups is 1. The van der Waals surface area contributed by atoms with Crippen LogP contribution in [0.3, 0.4) is 0 Å². The molecule has 0 aliphatic heterocycles. The lowest BCUT2D eigenvalue weighted by molar-refractivity contribution is 0.0692. The molecule has 2 aromatic carbocycles. The highest BCUT2D eigenvalue weighted by Crippen LogP contribution is 2.37. The van der Waals surface area contributed by atoms with Gasteiger partial charge in [0.1, 0.15) is 11.6 Å². The number of sulfonamides is 1. The van der Waals surface area contributed by atoms with Crippen LogP contribution in [0.4, 0.5) is 8.78 Å². The molecule has 1 aromatic heterocycles. The normalized spacial score (nSPS) is 12.3. The van der Waals surface area contributed by atoms with Crippen LogP contribution in [0.25, 0.3) is 22.0 Å². The topological polar surface area (TPSA) is 106 Å². The summed E-state index contributed by atoms with van der Waals surface area (Å²) in [6.45, 7) is 1.43. The largest absolute Gasteiger partial charge is 0.478 e. The second-order valence-electron chi connectivity index (χ2n) is 7.40. The van der Waals surface area contributed by atoms with Gasteiger partial charge in [0.25, 0.3) is 0 Å². The minimum Gasteiger partial charge on any atom is -0.478 e. The van der Waals surface area contributed by atoms with Crippen molar-refractivity contribution in [1.82, 2.24) is 8.87 Å². The van der Waals surface area contributed by atoms with E-state index in [0.29, 0.717) is 22.2 Å². The van der Waals surface area contributed by atoms with Crippen molar-refractivity contribution in [3.05, 3.63) is 65.4 Å². The molecule has 0 aliphatic rings. The number of hydrogen-bond donors (Lipinski definition) is 2. The smallest absolute Gasteiger partial charge is 0.338 e. The highest BCUT2D eigenvalue weighted by Gasteiger charge is 2.23. The highest BCUT2D eigenvalue weighted by atomic mass is 35.5. The van der Waals surface area contributed by atoms with Crippen LogP contribution in [-0.2, 0) is 16.6 Å². The van der Waals surface area contributed by atoms with Crippen molar-refractivity contribution in [2.45, 2.75) is 18.4 Å². The Balaban J connectivity index is 0.00000385. The van der Waals surface area contributed by atoms with Gasteiger partial charge >= 0.3 is 5.97 Å². The summed E-state index contributed by atoms with van der Waals surface area (Å²) in [6.07, 6.45) is 1.19. The fourth-order valence-corrected chi connectivity index (χ4v) is 4.54. The molecule has 11 heteroatoms. The zero-order valence-electron chi connectivity index (χ0n) is 18.2. The summed E-state index contributed by atoms with van der Waals surface area (Å²) in [5, 5.41) is 9.74. The van der Waals surface area contributed by atoms with Crippen LogP contribution < -0.4 is 5.73 Å². The summed E-state index contributed by atoms with van der Waals surface area (Å²) in [4.78, 5) is 11.6. The van der Waals surface area contributed by atoms with E-state index < -0.39 is 33.2 Å². The molecule has 0 fully saturated rings. The third-order valence-corrected chi connectivity index (χ3v) is 7.00. The zero-order chi connectivity index (χ0) is 23.8. The number of aromatic nitrogens is 1. The molecule has 0 saturated carbocycles. The van der Waals surface area contributed by atoms with E-state index in [1.54, 1.807) is 19.1 Å². The first-order valence-corrected chi connectivity index (χ1v) is 11.1. The Bertz CT molecular complexity index is 1350. The van der Waals surface area contributed by atoms with Crippen molar-refractivity contribution in [3.8, 4) is 11.1 Å². The highest BCUT2D eigenvalue weighted by molar-refractivity contribution is 7.89. The number of rotatable bonds is 7. The van der Waals surface area contributed by atoms with E-state index in [1.165, 1.54) is 42.9 Å². The van der Waals surface area contributed by atoms with Crippen molar-refractivity contribution in [1.29, 1.82) is 0 Å². The molecule has 0 radical (unpaired) electrons. The monoisotopic (exact) mass is 499 g/mol. The van der Waals surface area contributed by atoms with E-state index in [2.05, 4.69) is 0 Å². The van der Waals surface area contributed by atoms with Crippen molar-refractivity contribution >= 4 is 39.3 Å². The van der Waals surface area contributed by atoms with Gasteiger partial charge in [-0.15, -0.1) is 12.4 Å². The molecule has 1 heterocycles. The lowest BCUT2D eigenvalue weighted by Gasteiger charge is -2.13. The summed E-state index contributed by atoms with van der Waals surface area (Å²) in [5.41, 5.74) is 6.59. The van der Waals surface area contributed by atoms with Gasteiger partial charge in [0.2, 0.25) is 10.0 Å². The van der Waals surface area contributed by atoms with Crippen LogP contribution in [-0.4, -0.2) is 49.0 Å². The number of aromatic carboxylic acids is 1. The van der Waals surface area contributed by atoms with Crippen LogP contribution >= 0.6 is 12.4 Å². The number of halogens is 3. The minimum atomic E-state index is -3.73. The average Bonchev–Trinajstić information content (AvgIpc) is 2.98. The molecule has 0 atom stereocenters. The van der Waals surface area contributed by atoms with Crippen LogP contribution in [0.5, 0.6) is 0 Å². The first-order chi connectivity index (χ1) is 15.0. The summed E-state index contributed by atoms with van der Waals surface area (Å²) in [7, 11) is -0.911. The Labute approximate surface area is 196 Å². The quantitative estimate of drug-likeness (QED) is 0.512. The van der Waals surface area contributed by atoms with Crippen molar-refractivity contribution in [2.24, 2.45) is 5.73 Å². The second kappa shape index (κ2) is 10.0. The van der Waals surface area contributed by atoms with Crippen molar-refractivity contribution < 1.29 is 27.1 Å². The molecule has 3 aromatic rings. The van der Waals surface area contributed by atoms with Crippen LogP contribution in [0.2, 0.25) is 0 Å². The first-order valence-electron chi connectivity index (χ1n) is 9.62. The van der Waals surface area contributed by atoms with Gasteiger partial charge in [-0.3, -0.25) is 0 Å². The van der Waals surface area contributed by atoms with Crippen LogP contribution in [0.1, 0.15) is 16.1 Å². The zero-order valence-corrected chi connectivity index (χ0v) is 19.8. The number of allylic oxidation sites excluding steroid dienone is 1.